The molecule has 154 valence electrons. The summed E-state index contributed by atoms with van der Waals surface area (Å²) in [5, 5.41) is 17.3. The molecule has 3 N–H and O–H groups in total. The van der Waals surface area contributed by atoms with E-state index < -0.39 is 0 Å². The number of piperidine rings is 1. The summed E-state index contributed by atoms with van der Waals surface area (Å²) in [7, 11) is 1.76. The van der Waals surface area contributed by atoms with Crippen LogP contribution < -0.4 is 10.6 Å². The van der Waals surface area contributed by atoms with Crippen molar-refractivity contribution in [3.8, 4) is 0 Å². The van der Waals surface area contributed by atoms with Crippen molar-refractivity contribution in [2.45, 2.75) is 64.5 Å². The highest BCUT2D eigenvalue weighted by Crippen LogP contribution is 2.36. The van der Waals surface area contributed by atoms with Crippen LogP contribution in [0.4, 0.5) is 0 Å². The first kappa shape index (κ1) is 23.9. The van der Waals surface area contributed by atoms with Gasteiger partial charge >= 0.3 is 0 Å². The van der Waals surface area contributed by atoms with Crippen LogP contribution in [0.3, 0.4) is 0 Å². The van der Waals surface area contributed by atoms with Gasteiger partial charge in [-0.1, -0.05) is 19.8 Å². The van der Waals surface area contributed by atoms with Crippen molar-refractivity contribution in [1.82, 2.24) is 15.5 Å². The van der Waals surface area contributed by atoms with Gasteiger partial charge in [-0.3, -0.25) is 4.99 Å². The average molecular weight is 482 g/mol. The van der Waals surface area contributed by atoms with Crippen molar-refractivity contribution in [3.05, 3.63) is 0 Å². The van der Waals surface area contributed by atoms with E-state index in [0.29, 0.717) is 12.6 Å². The third-order valence-corrected chi connectivity index (χ3v) is 5.76. The van der Waals surface area contributed by atoms with Gasteiger partial charge in [0.1, 0.15) is 0 Å². The van der Waals surface area contributed by atoms with Gasteiger partial charge in [-0.2, -0.15) is 0 Å². The summed E-state index contributed by atoms with van der Waals surface area (Å²) in [4.78, 5) is 7.29. The van der Waals surface area contributed by atoms with Crippen LogP contribution in [0.1, 0.15) is 52.4 Å². The van der Waals surface area contributed by atoms with E-state index in [1.165, 1.54) is 6.42 Å². The fourth-order valence-electron chi connectivity index (χ4n) is 3.86. The lowest BCUT2D eigenvalue weighted by molar-refractivity contribution is 0.00714. The van der Waals surface area contributed by atoms with Gasteiger partial charge in [-0.25, -0.2) is 0 Å². The van der Waals surface area contributed by atoms with E-state index in [1.54, 1.807) is 7.11 Å². The van der Waals surface area contributed by atoms with E-state index in [2.05, 4.69) is 29.4 Å². The maximum Gasteiger partial charge on any atom is 0.191 e. The smallest absolute Gasteiger partial charge is 0.191 e. The molecule has 2 atom stereocenters. The number of nitrogens with one attached hydrogen (secondary N) is 2. The third kappa shape index (κ3) is 7.48. The molecule has 0 amide bonds. The number of methoxy groups -OCH3 is 1. The zero-order valence-electron chi connectivity index (χ0n) is 16.8. The van der Waals surface area contributed by atoms with Crippen LogP contribution in [-0.4, -0.2) is 74.6 Å². The van der Waals surface area contributed by atoms with Crippen molar-refractivity contribution < 1.29 is 9.84 Å². The first-order chi connectivity index (χ1) is 12.1. The Morgan fingerprint density at radius 2 is 2.00 bits per heavy atom. The quantitative estimate of drug-likeness (QED) is 0.295. The van der Waals surface area contributed by atoms with Gasteiger partial charge in [0.2, 0.25) is 0 Å². The number of hydrogen-bond donors (Lipinski definition) is 3. The Labute approximate surface area is 176 Å². The molecule has 1 saturated carbocycles. The van der Waals surface area contributed by atoms with Gasteiger partial charge in [0, 0.05) is 44.7 Å². The second kappa shape index (κ2) is 12.4. The molecule has 0 aromatic rings. The molecular weight excluding hydrogens is 443 g/mol. The van der Waals surface area contributed by atoms with E-state index in [-0.39, 0.29) is 35.5 Å². The summed E-state index contributed by atoms with van der Waals surface area (Å²) in [6, 6.07) is 0.473. The first-order valence-corrected chi connectivity index (χ1v) is 10.0. The Hall–Kier alpha value is -0.120. The highest BCUT2D eigenvalue weighted by atomic mass is 127. The van der Waals surface area contributed by atoms with Crippen LogP contribution >= 0.6 is 24.0 Å². The van der Waals surface area contributed by atoms with E-state index >= 15 is 0 Å². The molecule has 0 aromatic carbocycles. The topological polar surface area (TPSA) is 69.1 Å². The second-order valence-electron chi connectivity index (χ2n) is 7.86. The zero-order valence-corrected chi connectivity index (χ0v) is 19.1. The standard InChI is InChI=1S/C19H38N4O2.HI/c1-4-20-18(21-15-19(2)10-6-5-7-17(19)24)22-16-8-11-23(12-9-16)13-14-25-3;/h16-17,24H,4-15H2,1-3H3,(H2,20,21,22);1H. The molecule has 1 heterocycles. The number of hydrogen-bond acceptors (Lipinski definition) is 4. The predicted molar refractivity (Wildman–Crippen MR) is 118 cm³/mol. The molecule has 2 unspecified atom stereocenters. The van der Waals surface area contributed by atoms with Crippen LogP contribution in [0.15, 0.2) is 4.99 Å². The highest BCUT2D eigenvalue weighted by molar-refractivity contribution is 14.0. The molecule has 0 radical (unpaired) electrons. The fraction of sp³-hybridized carbons (Fsp3) is 0.947. The second-order valence-corrected chi connectivity index (χ2v) is 7.86. The van der Waals surface area contributed by atoms with Crippen molar-refractivity contribution in [2.24, 2.45) is 10.4 Å². The van der Waals surface area contributed by atoms with Gasteiger partial charge in [-0.15, -0.1) is 24.0 Å². The summed E-state index contributed by atoms with van der Waals surface area (Å²) in [5.41, 5.74) is -0.0792. The highest BCUT2D eigenvalue weighted by Gasteiger charge is 2.35. The minimum atomic E-state index is -0.225. The lowest BCUT2D eigenvalue weighted by Crippen LogP contribution is -2.49. The van der Waals surface area contributed by atoms with Crippen LogP contribution in [0.2, 0.25) is 0 Å². The molecule has 6 nitrogen and oxygen atoms in total. The van der Waals surface area contributed by atoms with Crippen molar-refractivity contribution in [2.75, 3.05) is 46.4 Å². The van der Waals surface area contributed by atoms with Gasteiger partial charge in [0.05, 0.1) is 19.3 Å². The number of aliphatic hydroxyl groups excluding tert-OH is 1. The number of halogens is 1. The molecule has 2 rings (SSSR count). The monoisotopic (exact) mass is 482 g/mol. The number of rotatable bonds is 7. The number of ether oxygens (including phenoxy) is 1. The largest absolute Gasteiger partial charge is 0.392 e. The van der Waals surface area contributed by atoms with Crippen molar-refractivity contribution >= 4 is 29.9 Å². The van der Waals surface area contributed by atoms with Crippen molar-refractivity contribution in [1.29, 1.82) is 0 Å². The van der Waals surface area contributed by atoms with Crippen LogP contribution in [0, 0.1) is 5.41 Å². The molecule has 2 aliphatic rings. The van der Waals surface area contributed by atoms with Gasteiger partial charge < -0.3 is 25.4 Å². The average Bonchev–Trinajstić information content (AvgIpc) is 2.62. The summed E-state index contributed by atoms with van der Waals surface area (Å²) < 4.78 is 5.17. The number of guanidine groups is 1. The minimum absolute atomic E-state index is 0. The SMILES string of the molecule is CCNC(=NCC1(C)CCCCC1O)NC1CCN(CCOC)CC1.I. The maximum absolute atomic E-state index is 10.4. The van der Waals surface area contributed by atoms with Gasteiger partial charge in [-0.05, 0) is 32.6 Å². The number of nitrogens with zero attached hydrogens (tertiary/aromatic N) is 2. The van der Waals surface area contributed by atoms with Crippen LogP contribution in [0.5, 0.6) is 0 Å². The number of aliphatic imine (C=N–C) groups is 1. The summed E-state index contributed by atoms with van der Waals surface area (Å²) >= 11 is 0. The maximum atomic E-state index is 10.4. The van der Waals surface area contributed by atoms with Crippen LogP contribution in [-0.2, 0) is 4.74 Å². The van der Waals surface area contributed by atoms with Gasteiger partial charge in [0.25, 0.3) is 0 Å². The third-order valence-electron chi connectivity index (χ3n) is 5.76. The zero-order chi connectivity index (χ0) is 18.1. The lowest BCUT2D eigenvalue weighted by Gasteiger charge is -2.37. The molecule has 7 heteroatoms. The van der Waals surface area contributed by atoms with E-state index in [1.807, 2.05) is 0 Å². The fourth-order valence-corrected chi connectivity index (χ4v) is 3.86. The normalized spacial score (nSPS) is 28.5. The van der Waals surface area contributed by atoms with E-state index in [4.69, 9.17) is 9.73 Å². The summed E-state index contributed by atoms with van der Waals surface area (Å²) in [6.07, 6.45) is 6.36. The lowest BCUT2D eigenvalue weighted by atomic mass is 9.73. The minimum Gasteiger partial charge on any atom is -0.392 e. The van der Waals surface area contributed by atoms with Gasteiger partial charge in [0.15, 0.2) is 5.96 Å². The first-order valence-electron chi connectivity index (χ1n) is 10.0. The Bertz CT molecular complexity index is 416. The van der Waals surface area contributed by atoms with Crippen LogP contribution in [0.25, 0.3) is 0 Å². The Balaban J connectivity index is 0.00000338. The predicted octanol–water partition coefficient (Wildman–Crippen LogP) is 2.21. The molecule has 1 saturated heterocycles. The van der Waals surface area contributed by atoms with Crippen molar-refractivity contribution in [3.63, 3.8) is 0 Å². The summed E-state index contributed by atoms with van der Waals surface area (Å²) in [5.74, 6) is 0.900. The van der Waals surface area contributed by atoms with E-state index in [0.717, 1.165) is 70.8 Å². The Morgan fingerprint density at radius 1 is 1.27 bits per heavy atom. The molecule has 2 fully saturated rings. The Morgan fingerprint density at radius 3 is 2.62 bits per heavy atom. The molecular formula is C19H39IN4O2. The number of likely N-dealkylation sites (tertiary alicyclic amines) is 1. The molecule has 0 spiro atoms. The molecule has 0 aromatic heterocycles. The Kier molecular flexibility index (Phi) is 11.4. The molecule has 1 aliphatic carbocycles. The number of aliphatic hydroxyl groups is 1. The molecule has 0 bridgehead atoms. The molecule has 1 aliphatic heterocycles. The summed E-state index contributed by atoms with van der Waals surface area (Å²) in [6.45, 7) is 9.87. The van der Waals surface area contributed by atoms with E-state index in [9.17, 15) is 5.11 Å². The molecule has 26 heavy (non-hydrogen) atoms.